The normalized spacial score (nSPS) is 23.3. The van der Waals surface area contributed by atoms with Gasteiger partial charge in [-0.1, -0.05) is 0 Å². The van der Waals surface area contributed by atoms with Crippen molar-refractivity contribution in [1.82, 2.24) is 19.5 Å². The summed E-state index contributed by atoms with van der Waals surface area (Å²) in [4.78, 5) is 34.1. The molecule has 19 heavy (non-hydrogen) atoms. The highest BCUT2D eigenvalue weighted by Crippen LogP contribution is 2.32. The first-order valence-electron chi connectivity index (χ1n) is 5.98. The van der Waals surface area contributed by atoms with Gasteiger partial charge in [-0.25, -0.2) is 4.98 Å². The number of hydrogen-bond donors (Lipinski definition) is 3. The summed E-state index contributed by atoms with van der Waals surface area (Å²) in [5, 5.41) is 9.12. The molecule has 0 bridgehead atoms. The molecule has 0 saturated heterocycles. The highest BCUT2D eigenvalue weighted by atomic mass is 16.3. The molecule has 4 N–H and O–H groups in total. The van der Waals surface area contributed by atoms with Gasteiger partial charge in [0.2, 0.25) is 5.95 Å². The number of carbonyl (C=O) groups is 1. The quantitative estimate of drug-likeness (QED) is 0.652. The van der Waals surface area contributed by atoms with Crippen molar-refractivity contribution in [3.05, 3.63) is 16.7 Å². The third kappa shape index (κ3) is 1.72. The number of aliphatic hydroxyl groups is 1. The minimum Gasteiger partial charge on any atom is -0.396 e. The number of ketones is 1. The number of nitrogen functional groups attached to an aromatic ring is 1. The Bertz CT molecular complexity index is 704. The first-order chi connectivity index (χ1) is 9.11. The third-order valence-electron chi connectivity index (χ3n) is 3.53. The first-order valence-corrected chi connectivity index (χ1v) is 5.98. The molecule has 1 fully saturated rings. The highest BCUT2D eigenvalue weighted by Gasteiger charge is 2.35. The average molecular weight is 263 g/mol. The molecule has 100 valence electrons. The molecule has 0 aliphatic heterocycles. The molecule has 2 aromatic heterocycles. The lowest BCUT2D eigenvalue weighted by Crippen LogP contribution is -2.20. The summed E-state index contributed by atoms with van der Waals surface area (Å²) in [7, 11) is 0. The second-order valence-corrected chi connectivity index (χ2v) is 4.65. The van der Waals surface area contributed by atoms with Gasteiger partial charge in [0.05, 0.1) is 19.0 Å². The van der Waals surface area contributed by atoms with E-state index in [1.807, 2.05) is 0 Å². The van der Waals surface area contributed by atoms with Crippen LogP contribution in [0.15, 0.2) is 11.1 Å². The fraction of sp³-hybridized carbons (Fsp3) is 0.455. The van der Waals surface area contributed by atoms with Crippen molar-refractivity contribution in [3.8, 4) is 0 Å². The molecule has 2 heterocycles. The number of rotatable bonds is 2. The number of H-pyrrole nitrogens is 1. The number of aliphatic hydroxyl groups excluding tert-OH is 1. The maximum absolute atomic E-state index is 12.1. The molecule has 2 aromatic rings. The van der Waals surface area contributed by atoms with Crippen molar-refractivity contribution in [2.24, 2.45) is 5.92 Å². The molecule has 8 heteroatoms. The van der Waals surface area contributed by atoms with Crippen LogP contribution in [0.1, 0.15) is 18.9 Å². The van der Waals surface area contributed by atoms with E-state index in [1.165, 1.54) is 6.33 Å². The zero-order valence-electron chi connectivity index (χ0n) is 10.0. The van der Waals surface area contributed by atoms with Crippen molar-refractivity contribution in [2.45, 2.75) is 18.9 Å². The fourth-order valence-corrected chi connectivity index (χ4v) is 2.54. The van der Waals surface area contributed by atoms with Crippen molar-refractivity contribution in [2.75, 3.05) is 12.3 Å². The van der Waals surface area contributed by atoms with Gasteiger partial charge in [-0.2, -0.15) is 4.98 Å². The Morgan fingerprint density at radius 2 is 2.26 bits per heavy atom. The lowest BCUT2D eigenvalue weighted by molar-refractivity contribution is -0.124. The van der Waals surface area contributed by atoms with E-state index in [9.17, 15) is 9.59 Å². The van der Waals surface area contributed by atoms with E-state index >= 15 is 0 Å². The number of Topliss-reactive ketones (excluding diaryl/α,β-unsaturated/α-hetero) is 1. The molecular formula is C11H13N5O3. The Balaban J connectivity index is 2.12. The van der Waals surface area contributed by atoms with E-state index in [1.54, 1.807) is 4.57 Å². The van der Waals surface area contributed by atoms with E-state index in [-0.39, 0.29) is 29.8 Å². The van der Waals surface area contributed by atoms with Crippen molar-refractivity contribution in [3.63, 3.8) is 0 Å². The van der Waals surface area contributed by atoms with E-state index in [0.717, 1.165) is 0 Å². The monoisotopic (exact) mass is 263 g/mol. The third-order valence-corrected chi connectivity index (χ3v) is 3.53. The van der Waals surface area contributed by atoms with Gasteiger partial charge < -0.3 is 15.4 Å². The van der Waals surface area contributed by atoms with Gasteiger partial charge in [0.1, 0.15) is 0 Å². The molecule has 8 nitrogen and oxygen atoms in total. The van der Waals surface area contributed by atoms with Crippen LogP contribution >= 0.6 is 0 Å². The molecule has 1 saturated carbocycles. The van der Waals surface area contributed by atoms with E-state index in [4.69, 9.17) is 10.8 Å². The van der Waals surface area contributed by atoms with Gasteiger partial charge in [0, 0.05) is 5.92 Å². The summed E-state index contributed by atoms with van der Waals surface area (Å²) >= 11 is 0. The highest BCUT2D eigenvalue weighted by molar-refractivity contribution is 5.88. The van der Waals surface area contributed by atoms with E-state index < -0.39 is 11.6 Å². The Kier molecular flexibility index (Phi) is 2.59. The van der Waals surface area contributed by atoms with E-state index in [2.05, 4.69) is 15.0 Å². The second-order valence-electron chi connectivity index (χ2n) is 4.65. The van der Waals surface area contributed by atoms with Crippen molar-refractivity contribution in [1.29, 1.82) is 0 Å². The number of imidazole rings is 1. The Morgan fingerprint density at radius 1 is 1.47 bits per heavy atom. The molecule has 0 spiro atoms. The van der Waals surface area contributed by atoms with Gasteiger partial charge in [-0.05, 0) is 12.8 Å². The second kappa shape index (κ2) is 4.16. The Morgan fingerprint density at radius 3 is 2.95 bits per heavy atom. The molecule has 2 unspecified atom stereocenters. The number of carbonyl (C=O) groups excluding carboxylic acids is 1. The maximum atomic E-state index is 12.1. The predicted molar refractivity (Wildman–Crippen MR) is 66.4 cm³/mol. The minimum absolute atomic E-state index is 0.0107. The fourth-order valence-electron chi connectivity index (χ4n) is 2.54. The standard InChI is InChI=1S/C11H13N5O3/c12-11-14-9-7(10(19)15-11)13-4-16(9)6-2-1-5(3-17)8(6)18/h4-6,17H,1-3H2,(H3,12,14,15,19). The van der Waals surface area contributed by atoms with Crippen LogP contribution in [0.25, 0.3) is 11.2 Å². The molecule has 2 atom stereocenters. The van der Waals surface area contributed by atoms with Crippen LogP contribution in [0.4, 0.5) is 5.95 Å². The lowest BCUT2D eigenvalue weighted by Gasteiger charge is -2.11. The molecule has 0 amide bonds. The largest absolute Gasteiger partial charge is 0.396 e. The van der Waals surface area contributed by atoms with Crippen LogP contribution in [0.3, 0.4) is 0 Å². The topological polar surface area (TPSA) is 127 Å². The average Bonchev–Trinajstić information content (AvgIpc) is 2.92. The van der Waals surface area contributed by atoms with Crippen LogP contribution in [0.2, 0.25) is 0 Å². The number of nitrogens with zero attached hydrogens (tertiary/aromatic N) is 3. The number of nitrogens with two attached hydrogens (primary N) is 1. The smallest absolute Gasteiger partial charge is 0.280 e. The zero-order chi connectivity index (χ0) is 13.6. The van der Waals surface area contributed by atoms with E-state index in [0.29, 0.717) is 18.5 Å². The number of nitrogens with one attached hydrogen (secondary N) is 1. The van der Waals surface area contributed by atoms with Crippen LogP contribution in [0, 0.1) is 5.92 Å². The number of hydrogen-bond acceptors (Lipinski definition) is 6. The minimum atomic E-state index is -0.434. The SMILES string of the molecule is Nc1nc2c(ncn2C2CCC(CO)C2=O)c(=O)[nH]1. The summed E-state index contributed by atoms with van der Waals surface area (Å²) in [5.74, 6) is -0.410. The first kappa shape index (κ1) is 11.8. The van der Waals surface area contributed by atoms with Crippen LogP contribution < -0.4 is 11.3 Å². The molecule has 0 aromatic carbocycles. The molecule has 1 aliphatic carbocycles. The molecular weight excluding hydrogens is 250 g/mol. The predicted octanol–water partition coefficient (Wildman–Crippen LogP) is -0.786. The zero-order valence-corrected chi connectivity index (χ0v) is 10.0. The van der Waals surface area contributed by atoms with Crippen molar-refractivity contribution >= 4 is 22.9 Å². The lowest BCUT2D eigenvalue weighted by atomic mass is 10.1. The summed E-state index contributed by atoms with van der Waals surface area (Å²) in [6, 6.07) is -0.434. The van der Waals surface area contributed by atoms with Gasteiger partial charge in [-0.3, -0.25) is 14.6 Å². The Labute approximate surface area is 107 Å². The summed E-state index contributed by atoms with van der Waals surface area (Å²) < 4.78 is 1.57. The van der Waals surface area contributed by atoms with Gasteiger partial charge in [-0.15, -0.1) is 0 Å². The molecule has 1 aliphatic rings. The van der Waals surface area contributed by atoms with Crippen LogP contribution in [-0.2, 0) is 4.79 Å². The Hall–Kier alpha value is -2.22. The van der Waals surface area contributed by atoms with Crippen LogP contribution in [0.5, 0.6) is 0 Å². The maximum Gasteiger partial charge on any atom is 0.280 e. The number of anilines is 1. The van der Waals surface area contributed by atoms with Crippen molar-refractivity contribution < 1.29 is 9.90 Å². The number of fused-ring (bicyclic) bond motifs is 1. The van der Waals surface area contributed by atoms with Gasteiger partial charge in [0.15, 0.2) is 16.9 Å². The molecule has 3 rings (SSSR count). The summed E-state index contributed by atoms with van der Waals surface area (Å²) in [6.07, 6.45) is 2.65. The number of aromatic amines is 1. The van der Waals surface area contributed by atoms with Crippen LogP contribution in [-0.4, -0.2) is 37.0 Å². The number of aromatic nitrogens is 4. The van der Waals surface area contributed by atoms with Gasteiger partial charge >= 0.3 is 0 Å². The summed E-state index contributed by atoms with van der Waals surface area (Å²) in [6.45, 7) is -0.155. The summed E-state index contributed by atoms with van der Waals surface area (Å²) in [5.41, 5.74) is 5.55. The van der Waals surface area contributed by atoms with Gasteiger partial charge in [0.25, 0.3) is 5.56 Å². The molecule has 0 radical (unpaired) electrons.